The minimum atomic E-state index is -0.384. The number of nitrogens with zero attached hydrogens (tertiary/aromatic N) is 2. The molecule has 0 aliphatic carbocycles. The zero-order valence-electron chi connectivity index (χ0n) is 18.4. The Hall–Kier alpha value is -2.73. The zero-order chi connectivity index (χ0) is 22.1. The van der Waals surface area contributed by atoms with Crippen molar-refractivity contribution in [2.75, 3.05) is 7.11 Å². The third kappa shape index (κ3) is 6.13. The highest BCUT2D eigenvalue weighted by molar-refractivity contribution is 8.03. The van der Waals surface area contributed by atoms with E-state index in [1.165, 1.54) is 0 Å². The molecule has 0 aliphatic rings. The van der Waals surface area contributed by atoms with Crippen molar-refractivity contribution in [2.24, 2.45) is 11.7 Å². The summed E-state index contributed by atoms with van der Waals surface area (Å²) in [5.74, 6) is 0.000931. The number of ether oxygens (including phenoxy) is 1. The monoisotopic (exact) mass is 425 g/mol. The first-order valence-corrected chi connectivity index (χ1v) is 10.8. The Labute approximate surface area is 183 Å². The summed E-state index contributed by atoms with van der Waals surface area (Å²) in [5, 5.41) is 1.03. The van der Waals surface area contributed by atoms with Crippen LogP contribution < -0.4 is 5.73 Å². The largest absolute Gasteiger partial charge is 0.504 e. The molecule has 2 aromatic rings. The lowest BCUT2D eigenvalue weighted by Crippen LogP contribution is -2.15. The summed E-state index contributed by atoms with van der Waals surface area (Å²) in [4.78, 5) is 17.5. The molecule has 0 spiro atoms. The average Bonchev–Trinajstić information content (AvgIpc) is 2.95. The fraction of sp³-hybridized carbons (Fsp3) is 0.333. The van der Waals surface area contributed by atoms with Crippen LogP contribution >= 0.6 is 11.8 Å². The SMILES string of the molecule is C\C=C/C=C(\C=C\OC)Sc1c(CC(C)C)c(C(N)=O)c(C)n1Cc1ccncc1. The molecule has 6 heteroatoms. The molecule has 5 nitrogen and oxygen atoms in total. The van der Waals surface area contributed by atoms with Gasteiger partial charge in [-0.15, -0.1) is 0 Å². The highest BCUT2D eigenvalue weighted by Crippen LogP contribution is 2.37. The van der Waals surface area contributed by atoms with Crippen molar-refractivity contribution >= 4 is 17.7 Å². The number of aromatic nitrogens is 2. The van der Waals surface area contributed by atoms with Crippen molar-refractivity contribution in [3.8, 4) is 0 Å². The Morgan fingerprint density at radius 2 is 2.03 bits per heavy atom. The van der Waals surface area contributed by atoms with E-state index in [4.69, 9.17) is 10.5 Å². The van der Waals surface area contributed by atoms with Gasteiger partial charge in [0.1, 0.15) is 0 Å². The van der Waals surface area contributed by atoms with Gasteiger partial charge in [-0.25, -0.2) is 0 Å². The second-order valence-corrected chi connectivity index (χ2v) is 8.45. The lowest BCUT2D eigenvalue weighted by molar-refractivity contribution is 0.0998. The molecule has 0 aromatic carbocycles. The van der Waals surface area contributed by atoms with Gasteiger partial charge >= 0.3 is 0 Å². The number of primary amides is 1. The molecule has 0 aliphatic heterocycles. The van der Waals surface area contributed by atoms with E-state index in [2.05, 4.69) is 23.4 Å². The maximum atomic E-state index is 12.4. The van der Waals surface area contributed by atoms with Gasteiger partial charge in [-0.1, -0.05) is 37.8 Å². The van der Waals surface area contributed by atoms with Gasteiger partial charge in [0.25, 0.3) is 5.91 Å². The van der Waals surface area contributed by atoms with E-state index in [0.717, 1.165) is 33.2 Å². The first-order chi connectivity index (χ1) is 14.4. The van der Waals surface area contributed by atoms with E-state index in [-0.39, 0.29) is 5.91 Å². The molecule has 1 amide bonds. The van der Waals surface area contributed by atoms with Gasteiger partial charge in [-0.05, 0) is 61.6 Å². The lowest BCUT2D eigenvalue weighted by Gasteiger charge is -2.14. The molecule has 0 unspecified atom stereocenters. The number of carbonyl (C=O) groups excluding carboxylic acids is 1. The second kappa shape index (κ2) is 11.5. The number of nitrogens with two attached hydrogens (primary N) is 1. The highest BCUT2D eigenvalue weighted by atomic mass is 32.2. The molecule has 0 bridgehead atoms. The maximum absolute atomic E-state index is 12.4. The van der Waals surface area contributed by atoms with Crippen molar-refractivity contribution in [3.63, 3.8) is 0 Å². The van der Waals surface area contributed by atoms with Gasteiger partial charge in [0, 0.05) is 29.5 Å². The third-order valence-electron chi connectivity index (χ3n) is 4.56. The van der Waals surface area contributed by atoms with Gasteiger partial charge < -0.3 is 15.0 Å². The van der Waals surface area contributed by atoms with Gasteiger partial charge in [-0.3, -0.25) is 9.78 Å². The zero-order valence-corrected chi connectivity index (χ0v) is 19.2. The van der Waals surface area contributed by atoms with Crippen LogP contribution in [0.3, 0.4) is 0 Å². The van der Waals surface area contributed by atoms with Gasteiger partial charge in [0.15, 0.2) is 0 Å². The van der Waals surface area contributed by atoms with Crippen LogP contribution in [-0.4, -0.2) is 22.6 Å². The average molecular weight is 426 g/mol. The Morgan fingerprint density at radius 1 is 1.33 bits per heavy atom. The number of methoxy groups -OCH3 is 1. The molecule has 2 heterocycles. The highest BCUT2D eigenvalue weighted by Gasteiger charge is 2.25. The number of carbonyl (C=O) groups is 1. The number of hydrogen-bond donors (Lipinski definition) is 1. The fourth-order valence-electron chi connectivity index (χ4n) is 3.24. The molecule has 0 radical (unpaired) electrons. The summed E-state index contributed by atoms with van der Waals surface area (Å²) in [6, 6.07) is 3.97. The van der Waals surface area contributed by atoms with E-state index in [1.54, 1.807) is 37.5 Å². The van der Waals surface area contributed by atoms with Gasteiger partial charge in [0.2, 0.25) is 0 Å². The molecular weight excluding hydrogens is 394 g/mol. The molecular formula is C24H31N3O2S. The first kappa shape index (κ1) is 23.5. The van der Waals surface area contributed by atoms with Gasteiger partial charge in [-0.2, -0.15) is 0 Å². The molecule has 0 saturated carbocycles. The second-order valence-electron chi connectivity index (χ2n) is 7.38. The van der Waals surface area contributed by atoms with Crippen LogP contribution in [0, 0.1) is 12.8 Å². The summed E-state index contributed by atoms with van der Waals surface area (Å²) >= 11 is 1.62. The molecule has 160 valence electrons. The van der Waals surface area contributed by atoms with Crippen LogP contribution in [0.25, 0.3) is 0 Å². The Balaban J connectivity index is 2.67. The molecule has 2 N–H and O–H groups in total. The number of allylic oxidation sites excluding steroid dienone is 4. The van der Waals surface area contributed by atoms with Crippen LogP contribution in [0.15, 0.2) is 65.0 Å². The number of amides is 1. The number of hydrogen-bond acceptors (Lipinski definition) is 4. The molecule has 2 rings (SSSR count). The number of rotatable bonds is 10. The molecule has 0 fully saturated rings. The summed E-state index contributed by atoms with van der Waals surface area (Å²) in [6.45, 7) is 8.88. The smallest absolute Gasteiger partial charge is 0.250 e. The number of thioether (sulfide) groups is 1. The number of pyridine rings is 1. The minimum Gasteiger partial charge on any atom is -0.504 e. The summed E-state index contributed by atoms with van der Waals surface area (Å²) in [7, 11) is 1.63. The summed E-state index contributed by atoms with van der Waals surface area (Å²) < 4.78 is 7.31. The van der Waals surface area contributed by atoms with E-state index in [9.17, 15) is 4.79 Å². The Bertz CT molecular complexity index is 941. The van der Waals surface area contributed by atoms with Crippen LogP contribution in [0.1, 0.15) is 48.0 Å². The van der Waals surface area contributed by atoms with E-state index in [0.29, 0.717) is 18.0 Å². The van der Waals surface area contributed by atoms with Crippen LogP contribution in [0.5, 0.6) is 0 Å². The van der Waals surface area contributed by atoms with Crippen molar-refractivity contribution in [1.29, 1.82) is 0 Å². The predicted octanol–water partition coefficient (Wildman–Crippen LogP) is 5.25. The third-order valence-corrected chi connectivity index (χ3v) is 5.72. The topological polar surface area (TPSA) is 70.1 Å². The lowest BCUT2D eigenvalue weighted by atomic mass is 10.0. The molecule has 30 heavy (non-hydrogen) atoms. The van der Waals surface area contributed by atoms with E-state index < -0.39 is 0 Å². The quantitative estimate of drug-likeness (QED) is 0.321. The van der Waals surface area contributed by atoms with E-state index >= 15 is 0 Å². The normalized spacial score (nSPS) is 12.4. The summed E-state index contributed by atoms with van der Waals surface area (Å²) in [5.41, 5.74) is 9.46. The summed E-state index contributed by atoms with van der Waals surface area (Å²) in [6.07, 6.45) is 13.9. The molecule has 0 atom stereocenters. The Morgan fingerprint density at radius 3 is 2.60 bits per heavy atom. The van der Waals surface area contributed by atoms with Crippen molar-refractivity contribution in [3.05, 3.63) is 82.4 Å². The Kier molecular flexibility index (Phi) is 8.99. The van der Waals surface area contributed by atoms with Crippen molar-refractivity contribution in [1.82, 2.24) is 9.55 Å². The maximum Gasteiger partial charge on any atom is 0.250 e. The van der Waals surface area contributed by atoms with Crippen LogP contribution in [-0.2, 0) is 17.7 Å². The first-order valence-electron chi connectivity index (χ1n) is 9.99. The van der Waals surface area contributed by atoms with E-state index in [1.807, 2.05) is 50.3 Å². The fourth-order valence-corrected chi connectivity index (χ4v) is 4.35. The molecule has 0 saturated heterocycles. The minimum absolute atomic E-state index is 0.384. The van der Waals surface area contributed by atoms with Crippen molar-refractivity contribution < 1.29 is 9.53 Å². The predicted molar refractivity (Wildman–Crippen MR) is 124 cm³/mol. The standard InChI is InChI=1S/C24H31N3O2S/c1-6-7-8-20(11-14-29-5)30-24-21(15-17(2)3)22(23(25)28)18(4)27(24)16-19-9-12-26-13-10-19/h6-14,17H,15-16H2,1-5H3,(H2,25,28)/b7-6-,14-11+,20-8+. The van der Waals surface area contributed by atoms with Crippen LogP contribution in [0.2, 0.25) is 0 Å². The molecule has 2 aromatic heterocycles. The van der Waals surface area contributed by atoms with Crippen LogP contribution in [0.4, 0.5) is 0 Å². The van der Waals surface area contributed by atoms with Crippen molar-refractivity contribution in [2.45, 2.75) is 45.7 Å². The van der Waals surface area contributed by atoms with Gasteiger partial charge in [0.05, 0.1) is 24.0 Å².